The Morgan fingerprint density at radius 2 is 2.29 bits per heavy atom. The van der Waals surface area contributed by atoms with Gasteiger partial charge in [0.05, 0.1) is 17.7 Å². The maximum Gasteiger partial charge on any atom is 0.254 e. The van der Waals surface area contributed by atoms with Crippen LogP contribution in [0.2, 0.25) is 0 Å². The summed E-state index contributed by atoms with van der Waals surface area (Å²) < 4.78 is 18.8. The standard InChI is InChI=1S/C14H16BrFN2O3/c1-2-17-13(19)12-8-21-6-5-18(12)14(20)9-3-4-11(16)10(15)7-9/h3-4,7,12H,2,5-6,8H2,1H3,(H,17,19). The lowest BCUT2D eigenvalue weighted by molar-refractivity contribution is -0.130. The highest BCUT2D eigenvalue weighted by Crippen LogP contribution is 2.19. The van der Waals surface area contributed by atoms with Crippen LogP contribution in [0, 0.1) is 5.82 Å². The summed E-state index contributed by atoms with van der Waals surface area (Å²) in [6, 6.07) is 3.39. The predicted molar refractivity (Wildman–Crippen MR) is 78.4 cm³/mol. The van der Waals surface area contributed by atoms with Gasteiger partial charge in [-0.25, -0.2) is 4.39 Å². The maximum atomic E-state index is 13.3. The third-order valence-electron chi connectivity index (χ3n) is 3.21. The van der Waals surface area contributed by atoms with E-state index in [1.165, 1.54) is 23.1 Å². The van der Waals surface area contributed by atoms with E-state index in [-0.39, 0.29) is 22.9 Å². The van der Waals surface area contributed by atoms with Gasteiger partial charge in [-0.05, 0) is 41.1 Å². The molecule has 1 aromatic carbocycles. The maximum absolute atomic E-state index is 13.3. The molecule has 1 fully saturated rings. The molecule has 0 aromatic heterocycles. The molecule has 114 valence electrons. The van der Waals surface area contributed by atoms with Gasteiger partial charge >= 0.3 is 0 Å². The van der Waals surface area contributed by atoms with Gasteiger partial charge in [-0.2, -0.15) is 0 Å². The molecule has 1 unspecified atom stereocenters. The molecular formula is C14H16BrFN2O3. The van der Waals surface area contributed by atoms with Gasteiger partial charge in [0, 0.05) is 18.7 Å². The van der Waals surface area contributed by atoms with Gasteiger partial charge in [0.15, 0.2) is 0 Å². The zero-order valence-corrected chi connectivity index (χ0v) is 13.2. The molecule has 1 atom stereocenters. The third kappa shape index (κ3) is 3.59. The van der Waals surface area contributed by atoms with Crippen LogP contribution in [-0.2, 0) is 9.53 Å². The number of nitrogens with one attached hydrogen (secondary N) is 1. The molecule has 1 aliphatic rings. The van der Waals surface area contributed by atoms with Gasteiger partial charge < -0.3 is 15.0 Å². The number of carbonyl (C=O) groups is 2. The third-order valence-corrected chi connectivity index (χ3v) is 3.82. The first-order valence-corrected chi connectivity index (χ1v) is 7.45. The molecule has 21 heavy (non-hydrogen) atoms. The molecule has 0 radical (unpaired) electrons. The van der Waals surface area contributed by atoms with Crippen molar-refractivity contribution in [2.45, 2.75) is 13.0 Å². The molecule has 2 rings (SSSR count). The summed E-state index contributed by atoms with van der Waals surface area (Å²) in [7, 11) is 0. The fourth-order valence-electron chi connectivity index (χ4n) is 2.15. The van der Waals surface area contributed by atoms with Crippen LogP contribution in [-0.4, -0.2) is 49.1 Å². The number of benzene rings is 1. The Morgan fingerprint density at radius 1 is 1.52 bits per heavy atom. The van der Waals surface area contributed by atoms with E-state index < -0.39 is 11.9 Å². The van der Waals surface area contributed by atoms with Gasteiger partial charge in [0.25, 0.3) is 5.91 Å². The SMILES string of the molecule is CCNC(=O)C1COCCN1C(=O)c1ccc(F)c(Br)c1. The Bertz CT molecular complexity index is 553. The van der Waals surface area contributed by atoms with Crippen LogP contribution < -0.4 is 5.32 Å². The Morgan fingerprint density at radius 3 is 2.95 bits per heavy atom. The monoisotopic (exact) mass is 358 g/mol. The van der Waals surface area contributed by atoms with Crippen molar-refractivity contribution < 1.29 is 18.7 Å². The van der Waals surface area contributed by atoms with Crippen molar-refractivity contribution in [1.29, 1.82) is 0 Å². The normalized spacial score (nSPS) is 18.4. The quantitative estimate of drug-likeness (QED) is 0.891. The van der Waals surface area contributed by atoms with Crippen molar-refractivity contribution in [2.75, 3.05) is 26.3 Å². The first kappa shape index (κ1) is 15.9. The van der Waals surface area contributed by atoms with Crippen LogP contribution in [0.25, 0.3) is 0 Å². The van der Waals surface area contributed by atoms with Crippen molar-refractivity contribution in [3.8, 4) is 0 Å². The second kappa shape index (κ2) is 7.00. The summed E-state index contributed by atoms with van der Waals surface area (Å²) in [6.45, 7) is 3.17. The minimum absolute atomic E-state index is 0.167. The van der Waals surface area contributed by atoms with Gasteiger partial charge in [-0.3, -0.25) is 9.59 Å². The summed E-state index contributed by atoms with van der Waals surface area (Å²) in [5.41, 5.74) is 0.333. The first-order valence-electron chi connectivity index (χ1n) is 6.66. The summed E-state index contributed by atoms with van der Waals surface area (Å²) in [4.78, 5) is 26.0. The van der Waals surface area contributed by atoms with E-state index in [0.29, 0.717) is 25.3 Å². The lowest BCUT2D eigenvalue weighted by atomic mass is 10.1. The molecule has 0 spiro atoms. The van der Waals surface area contributed by atoms with Crippen molar-refractivity contribution >= 4 is 27.7 Å². The van der Waals surface area contributed by atoms with Crippen LogP contribution in [0.5, 0.6) is 0 Å². The molecule has 0 aliphatic carbocycles. The average Bonchev–Trinajstić information content (AvgIpc) is 2.49. The molecule has 0 saturated carbocycles. The van der Waals surface area contributed by atoms with Crippen LogP contribution in [0.1, 0.15) is 17.3 Å². The van der Waals surface area contributed by atoms with Gasteiger partial charge in [0.2, 0.25) is 5.91 Å². The molecule has 1 heterocycles. The number of amides is 2. The molecule has 2 amide bonds. The van der Waals surface area contributed by atoms with Crippen LogP contribution in [0.3, 0.4) is 0 Å². The molecule has 1 saturated heterocycles. The highest BCUT2D eigenvalue weighted by Gasteiger charge is 2.33. The number of carbonyl (C=O) groups excluding carboxylic acids is 2. The van der Waals surface area contributed by atoms with Crippen molar-refractivity contribution in [1.82, 2.24) is 10.2 Å². The van der Waals surface area contributed by atoms with Crippen molar-refractivity contribution in [3.63, 3.8) is 0 Å². The van der Waals surface area contributed by atoms with Gasteiger partial charge in [-0.1, -0.05) is 0 Å². The van der Waals surface area contributed by atoms with Crippen LogP contribution >= 0.6 is 15.9 Å². The molecule has 5 nitrogen and oxygen atoms in total. The van der Waals surface area contributed by atoms with E-state index in [0.717, 1.165) is 0 Å². The van der Waals surface area contributed by atoms with E-state index in [1.54, 1.807) is 0 Å². The summed E-state index contributed by atoms with van der Waals surface area (Å²) >= 11 is 3.06. The Kier molecular flexibility index (Phi) is 5.30. The Hall–Kier alpha value is -1.47. The number of rotatable bonds is 3. The van der Waals surface area contributed by atoms with E-state index in [4.69, 9.17) is 4.74 Å². The highest BCUT2D eigenvalue weighted by atomic mass is 79.9. The fraction of sp³-hybridized carbons (Fsp3) is 0.429. The van der Waals surface area contributed by atoms with E-state index >= 15 is 0 Å². The fourth-order valence-corrected chi connectivity index (χ4v) is 2.53. The topological polar surface area (TPSA) is 58.6 Å². The minimum Gasteiger partial charge on any atom is -0.377 e. The zero-order chi connectivity index (χ0) is 15.4. The number of halogens is 2. The highest BCUT2D eigenvalue weighted by molar-refractivity contribution is 9.10. The van der Waals surface area contributed by atoms with Gasteiger partial charge in [-0.15, -0.1) is 0 Å². The van der Waals surface area contributed by atoms with Crippen LogP contribution in [0.4, 0.5) is 4.39 Å². The summed E-state index contributed by atoms with van der Waals surface area (Å²) in [6.07, 6.45) is 0. The van der Waals surface area contributed by atoms with Crippen molar-refractivity contribution in [3.05, 3.63) is 34.1 Å². The number of ether oxygens (including phenoxy) is 1. The largest absolute Gasteiger partial charge is 0.377 e. The Labute approximate surface area is 130 Å². The van der Waals surface area contributed by atoms with E-state index in [1.807, 2.05) is 6.92 Å². The zero-order valence-electron chi connectivity index (χ0n) is 11.6. The number of nitrogens with zero attached hydrogens (tertiary/aromatic N) is 1. The smallest absolute Gasteiger partial charge is 0.254 e. The molecule has 1 N–H and O–H groups in total. The van der Waals surface area contributed by atoms with E-state index in [2.05, 4.69) is 21.2 Å². The number of likely N-dealkylation sites (N-methyl/N-ethyl adjacent to an activating group) is 1. The second-order valence-electron chi connectivity index (χ2n) is 4.61. The second-order valence-corrected chi connectivity index (χ2v) is 5.47. The molecule has 1 aliphatic heterocycles. The number of hydrogen-bond acceptors (Lipinski definition) is 3. The molecular weight excluding hydrogens is 343 g/mol. The predicted octanol–water partition coefficient (Wildman–Crippen LogP) is 1.57. The lowest BCUT2D eigenvalue weighted by Crippen LogP contribution is -2.55. The summed E-state index contributed by atoms with van der Waals surface area (Å²) in [5.74, 6) is -0.990. The van der Waals surface area contributed by atoms with E-state index in [9.17, 15) is 14.0 Å². The first-order chi connectivity index (χ1) is 10.0. The lowest BCUT2D eigenvalue weighted by Gasteiger charge is -2.34. The van der Waals surface area contributed by atoms with Crippen molar-refractivity contribution in [2.24, 2.45) is 0 Å². The number of morpholine rings is 1. The average molecular weight is 359 g/mol. The molecule has 0 bridgehead atoms. The molecule has 1 aromatic rings. The Balaban J connectivity index is 2.21. The summed E-state index contributed by atoms with van der Waals surface area (Å²) in [5, 5.41) is 2.69. The van der Waals surface area contributed by atoms with Crippen LogP contribution in [0.15, 0.2) is 22.7 Å². The van der Waals surface area contributed by atoms with Gasteiger partial charge in [0.1, 0.15) is 11.9 Å². The number of hydrogen-bond donors (Lipinski definition) is 1. The molecule has 7 heteroatoms. The minimum atomic E-state index is -0.657.